The van der Waals surface area contributed by atoms with E-state index in [1.165, 1.54) is 0 Å². The van der Waals surface area contributed by atoms with Crippen LogP contribution in [0.2, 0.25) is 5.02 Å². The topological polar surface area (TPSA) is 41.1 Å². The van der Waals surface area contributed by atoms with Crippen LogP contribution in [0.15, 0.2) is 24.3 Å². The van der Waals surface area contributed by atoms with E-state index in [9.17, 15) is 4.79 Å². The van der Waals surface area contributed by atoms with Gasteiger partial charge in [-0.2, -0.15) is 0 Å². The second-order valence-corrected chi connectivity index (χ2v) is 4.74. The number of rotatable bonds is 2. The van der Waals surface area contributed by atoms with Gasteiger partial charge in [0.25, 0.3) is 0 Å². The third-order valence-corrected chi connectivity index (χ3v) is 3.30. The molecule has 1 saturated heterocycles. The summed E-state index contributed by atoms with van der Waals surface area (Å²) in [5.74, 6) is 1.67. The van der Waals surface area contributed by atoms with Crippen molar-refractivity contribution in [2.75, 3.05) is 16.9 Å². The third-order valence-electron chi connectivity index (χ3n) is 2.12. The number of hydrogen-bond acceptors (Lipinski definition) is 3. The fourth-order valence-corrected chi connectivity index (χ4v) is 2.49. The van der Waals surface area contributed by atoms with E-state index in [4.69, 9.17) is 11.6 Å². The maximum absolute atomic E-state index is 11.7. The van der Waals surface area contributed by atoms with E-state index >= 15 is 0 Å². The lowest BCUT2D eigenvalue weighted by atomic mass is 10.3. The quantitative estimate of drug-likeness (QED) is 0.873. The Balaban J connectivity index is 0.00000128. The summed E-state index contributed by atoms with van der Waals surface area (Å²) in [5.41, 5.74) is 0.742. The molecule has 2 rings (SSSR count). The number of nitrogens with one attached hydrogen (secondary N) is 2. The van der Waals surface area contributed by atoms with Crippen molar-refractivity contribution in [1.29, 1.82) is 0 Å². The number of hydrogen-bond donors (Lipinski definition) is 2. The van der Waals surface area contributed by atoms with Crippen molar-refractivity contribution >= 4 is 47.4 Å². The standard InChI is InChI=1S/C10H11ClN2OS.ClH/c11-7-2-1-3-8(4-7)13-10(14)9-5-15-6-12-9;/h1-4,9,12H,5-6H2,(H,13,14);1H. The SMILES string of the molecule is Cl.O=C(Nc1cccc(Cl)c1)C1CSCN1. The zero-order valence-electron chi connectivity index (χ0n) is 8.40. The summed E-state index contributed by atoms with van der Waals surface area (Å²) in [6.07, 6.45) is 0. The van der Waals surface area contributed by atoms with Crippen molar-refractivity contribution in [2.45, 2.75) is 6.04 Å². The van der Waals surface area contributed by atoms with Crippen LogP contribution in [0.3, 0.4) is 0 Å². The van der Waals surface area contributed by atoms with E-state index in [1.54, 1.807) is 23.9 Å². The first-order chi connectivity index (χ1) is 7.25. The molecule has 0 aliphatic carbocycles. The molecule has 1 fully saturated rings. The molecule has 1 aliphatic heterocycles. The highest BCUT2D eigenvalue weighted by Gasteiger charge is 2.22. The van der Waals surface area contributed by atoms with E-state index in [0.717, 1.165) is 17.3 Å². The number of amides is 1. The van der Waals surface area contributed by atoms with Gasteiger partial charge in [0.1, 0.15) is 0 Å². The van der Waals surface area contributed by atoms with Crippen LogP contribution in [0.1, 0.15) is 0 Å². The molecule has 1 unspecified atom stereocenters. The van der Waals surface area contributed by atoms with E-state index in [-0.39, 0.29) is 24.4 Å². The fourth-order valence-electron chi connectivity index (χ4n) is 1.36. The molecule has 3 nitrogen and oxygen atoms in total. The first kappa shape index (κ1) is 13.6. The zero-order valence-corrected chi connectivity index (χ0v) is 10.8. The molecule has 0 spiro atoms. The van der Waals surface area contributed by atoms with Gasteiger partial charge in [0, 0.05) is 22.3 Å². The molecular weight excluding hydrogens is 267 g/mol. The highest BCUT2D eigenvalue weighted by Crippen LogP contribution is 2.16. The van der Waals surface area contributed by atoms with Crippen LogP contribution in [0, 0.1) is 0 Å². The average Bonchev–Trinajstić information content (AvgIpc) is 2.70. The summed E-state index contributed by atoms with van der Waals surface area (Å²) < 4.78 is 0. The van der Waals surface area contributed by atoms with Gasteiger partial charge >= 0.3 is 0 Å². The van der Waals surface area contributed by atoms with E-state index in [2.05, 4.69) is 10.6 Å². The smallest absolute Gasteiger partial charge is 0.242 e. The first-order valence-electron chi connectivity index (χ1n) is 4.63. The lowest BCUT2D eigenvalue weighted by Gasteiger charge is -2.10. The minimum absolute atomic E-state index is 0. The molecule has 1 aromatic carbocycles. The zero-order chi connectivity index (χ0) is 10.7. The summed E-state index contributed by atoms with van der Waals surface area (Å²) in [4.78, 5) is 11.7. The Kier molecular flexibility index (Phi) is 5.41. The predicted octanol–water partition coefficient (Wildman–Crippen LogP) is 2.36. The molecule has 16 heavy (non-hydrogen) atoms. The van der Waals surface area contributed by atoms with E-state index in [1.807, 2.05) is 12.1 Å². The van der Waals surface area contributed by atoms with Gasteiger partial charge in [-0.15, -0.1) is 24.2 Å². The minimum Gasteiger partial charge on any atom is -0.325 e. The van der Waals surface area contributed by atoms with Gasteiger partial charge in [-0.3, -0.25) is 10.1 Å². The van der Waals surface area contributed by atoms with E-state index < -0.39 is 0 Å². The van der Waals surface area contributed by atoms with Crippen LogP contribution < -0.4 is 10.6 Å². The Morgan fingerprint density at radius 1 is 1.56 bits per heavy atom. The van der Waals surface area contributed by atoms with Crippen LogP contribution in [-0.4, -0.2) is 23.6 Å². The Morgan fingerprint density at radius 2 is 2.38 bits per heavy atom. The van der Waals surface area contributed by atoms with Gasteiger partial charge in [0.05, 0.1) is 6.04 Å². The molecule has 1 aromatic rings. The van der Waals surface area contributed by atoms with Crippen molar-refractivity contribution in [1.82, 2.24) is 5.32 Å². The normalized spacial score (nSPS) is 18.9. The van der Waals surface area contributed by atoms with Gasteiger partial charge in [-0.1, -0.05) is 17.7 Å². The number of thioether (sulfide) groups is 1. The van der Waals surface area contributed by atoms with Crippen molar-refractivity contribution in [3.05, 3.63) is 29.3 Å². The second kappa shape index (κ2) is 6.35. The van der Waals surface area contributed by atoms with Crippen LogP contribution in [0.25, 0.3) is 0 Å². The van der Waals surface area contributed by atoms with Gasteiger partial charge in [-0.05, 0) is 18.2 Å². The van der Waals surface area contributed by atoms with Gasteiger partial charge < -0.3 is 5.32 Å². The molecule has 1 atom stereocenters. The van der Waals surface area contributed by atoms with Crippen molar-refractivity contribution < 1.29 is 4.79 Å². The monoisotopic (exact) mass is 278 g/mol. The number of halogens is 2. The third kappa shape index (κ3) is 3.56. The van der Waals surface area contributed by atoms with Gasteiger partial charge in [0.15, 0.2) is 0 Å². The highest BCUT2D eigenvalue weighted by atomic mass is 35.5. The predicted molar refractivity (Wildman–Crippen MR) is 71.6 cm³/mol. The molecule has 6 heteroatoms. The summed E-state index contributed by atoms with van der Waals surface area (Å²) in [5, 5.41) is 6.56. The molecule has 1 amide bonds. The molecule has 0 saturated carbocycles. The van der Waals surface area contributed by atoms with Crippen LogP contribution in [0.4, 0.5) is 5.69 Å². The summed E-state index contributed by atoms with van der Waals surface area (Å²) in [6.45, 7) is 0. The Hall–Kier alpha value is -0.420. The number of anilines is 1. The maximum Gasteiger partial charge on any atom is 0.242 e. The van der Waals surface area contributed by atoms with E-state index in [0.29, 0.717) is 5.02 Å². The number of benzene rings is 1. The highest BCUT2D eigenvalue weighted by molar-refractivity contribution is 7.99. The lowest BCUT2D eigenvalue weighted by molar-refractivity contribution is -0.117. The largest absolute Gasteiger partial charge is 0.325 e. The Morgan fingerprint density at radius 3 is 3.00 bits per heavy atom. The first-order valence-corrected chi connectivity index (χ1v) is 6.16. The fraction of sp³-hybridized carbons (Fsp3) is 0.300. The Bertz CT molecular complexity index is 370. The summed E-state index contributed by atoms with van der Waals surface area (Å²) >= 11 is 7.54. The molecule has 0 aromatic heterocycles. The van der Waals surface area contributed by atoms with Crippen molar-refractivity contribution in [2.24, 2.45) is 0 Å². The molecule has 1 heterocycles. The average molecular weight is 279 g/mol. The molecule has 0 radical (unpaired) electrons. The van der Waals surface area contributed by atoms with Crippen molar-refractivity contribution in [3.8, 4) is 0 Å². The molecule has 1 aliphatic rings. The van der Waals surface area contributed by atoms with Crippen LogP contribution in [0.5, 0.6) is 0 Å². The number of carbonyl (C=O) groups excluding carboxylic acids is 1. The van der Waals surface area contributed by atoms with Gasteiger partial charge in [-0.25, -0.2) is 0 Å². The summed E-state index contributed by atoms with van der Waals surface area (Å²) in [6, 6.07) is 7.07. The van der Waals surface area contributed by atoms with Gasteiger partial charge in [0.2, 0.25) is 5.91 Å². The molecule has 2 N–H and O–H groups in total. The minimum atomic E-state index is -0.0889. The lowest BCUT2D eigenvalue weighted by Crippen LogP contribution is -2.37. The molecular formula is C10H12Cl2N2OS. The number of carbonyl (C=O) groups is 1. The van der Waals surface area contributed by atoms with Crippen LogP contribution >= 0.6 is 35.8 Å². The Labute approximate surface area is 110 Å². The molecule has 0 bridgehead atoms. The molecule has 88 valence electrons. The van der Waals surface area contributed by atoms with Crippen LogP contribution in [-0.2, 0) is 4.79 Å². The maximum atomic E-state index is 11.7. The summed E-state index contributed by atoms with van der Waals surface area (Å²) in [7, 11) is 0. The van der Waals surface area contributed by atoms with Crippen molar-refractivity contribution in [3.63, 3.8) is 0 Å². The second-order valence-electron chi connectivity index (χ2n) is 3.27.